The number of rotatable bonds is 6. The second-order valence-electron chi connectivity index (χ2n) is 5.21. The third-order valence-electron chi connectivity index (χ3n) is 2.88. The van der Waals surface area contributed by atoms with E-state index in [4.69, 9.17) is 18.0 Å². The Kier molecular flexibility index (Phi) is 5.94. The number of carbonyl (C=O) groups is 1. The average Bonchev–Trinajstić information content (AvgIpc) is 2.63. The van der Waals surface area contributed by atoms with E-state index >= 15 is 0 Å². The molecule has 0 aliphatic rings. The Morgan fingerprint density at radius 1 is 1.47 bits per heavy atom. The van der Waals surface area contributed by atoms with Gasteiger partial charge in [-0.1, -0.05) is 26.1 Å². The number of nitrogens with zero attached hydrogens (tertiary/aromatic N) is 1. The monoisotopic (exact) mass is 298 g/mol. The Labute approximate surface area is 124 Å². The molecule has 5 heteroatoms. The molecule has 0 atom stereocenters. The molecule has 0 fully saturated rings. The van der Waals surface area contributed by atoms with Gasteiger partial charge in [-0.2, -0.15) is 0 Å². The molecule has 1 aromatic heterocycles. The van der Waals surface area contributed by atoms with Crippen LogP contribution in [0.2, 0.25) is 0 Å². The average molecular weight is 298 g/mol. The van der Waals surface area contributed by atoms with Crippen molar-refractivity contribution in [2.75, 3.05) is 13.1 Å². The van der Waals surface area contributed by atoms with Gasteiger partial charge in [0, 0.05) is 24.4 Å². The minimum Gasteiger partial charge on any atom is -0.393 e. The van der Waals surface area contributed by atoms with Crippen molar-refractivity contribution >= 4 is 34.5 Å². The van der Waals surface area contributed by atoms with Crippen molar-refractivity contribution in [3.63, 3.8) is 0 Å². The first-order valence-electron chi connectivity index (χ1n) is 6.46. The zero-order chi connectivity index (χ0) is 14.6. The molecule has 0 bridgehead atoms. The quantitative estimate of drug-likeness (QED) is 0.821. The molecule has 1 heterocycles. The van der Waals surface area contributed by atoms with Crippen LogP contribution in [0.1, 0.15) is 40.4 Å². The van der Waals surface area contributed by atoms with Crippen molar-refractivity contribution in [2.45, 2.75) is 34.1 Å². The predicted octanol–water partition coefficient (Wildman–Crippen LogP) is 3.14. The predicted molar refractivity (Wildman–Crippen MR) is 85.9 cm³/mol. The van der Waals surface area contributed by atoms with Gasteiger partial charge in [0.15, 0.2) is 0 Å². The number of hydrogen-bond donors (Lipinski definition) is 1. The van der Waals surface area contributed by atoms with Crippen LogP contribution in [0.4, 0.5) is 0 Å². The molecule has 0 saturated carbocycles. The SMILES string of the molecule is Cc1cc(C(=O)N(CCC(N)=S)CC(C)C)sc1C. The Hall–Kier alpha value is -0.940. The van der Waals surface area contributed by atoms with Crippen LogP contribution in [0.5, 0.6) is 0 Å². The molecule has 1 aromatic rings. The maximum atomic E-state index is 12.5. The highest BCUT2D eigenvalue weighted by Crippen LogP contribution is 2.22. The van der Waals surface area contributed by atoms with Crippen molar-refractivity contribution in [1.82, 2.24) is 4.90 Å². The maximum absolute atomic E-state index is 12.5. The zero-order valence-corrected chi connectivity index (χ0v) is 13.7. The number of aryl methyl sites for hydroxylation is 2. The second kappa shape index (κ2) is 7.01. The van der Waals surface area contributed by atoms with Crippen molar-refractivity contribution in [3.8, 4) is 0 Å². The van der Waals surface area contributed by atoms with E-state index in [1.54, 1.807) is 11.3 Å². The first-order chi connectivity index (χ1) is 8.81. The maximum Gasteiger partial charge on any atom is 0.263 e. The third-order valence-corrected chi connectivity index (χ3v) is 4.22. The highest BCUT2D eigenvalue weighted by atomic mass is 32.1. The highest BCUT2D eigenvalue weighted by molar-refractivity contribution is 7.80. The molecule has 19 heavy (non-hydrogen) atoms. The van der Waals surface area contributed by atoms with Gasteiger partial charge in [-0.05, 0) is 31.4 Å². The first kappa shape index (κ1) is 16.1. The molecular formula is C14H22N2OS2. The summed E-state index contributed by atoms with van der Waals surface area (Å²) in [6.07, 6.45) is 0.580. The number of nitrogens with two attached hydrogens (primary N) is 1. The lowest BCUT2D eigenvalue weighted by atomic mass is 10.2. The van der Waals surface area contributed by atoms with Gasteiger partial charge in [0.1, 0.15) is 0 Å². The summed E-state index contributed by atoms with van der Waals surface area (Å²) < 4.78 is 0. The Morgan fingerprint density at radius 2 is 2.11 bits per heavy atom. The lowest BCUT2D eigenvalue weighted by Crippen LogP contribution is -2.36. The summed E-state index contributed by atoms with van der Waals surface area (Å²) in [5.41, 5.74) is 6.71. The van der Waals surface area contributed by atoms with Gasteiger partial charge in [-0.25, -0.2) is 0 Å². The van der Waals surface area contributed by atoms with Crippen molar-refractivity contribution in [1.29, 1.82) is 0 Å². The lowest BCUT2D eigenvalue weighted by molar-refractivity contribution is 0.0746. The Balaban J connectivity index is 2.83. The largest absolute Gasteiger partial charge is 0.393 e. The van der Waals surface area contributed by atoms with Crippen LogP contribution >= 0.6 is 23.6 Å². The van der Waals surface area contributed by atoms with E-state index in [0.29, 0.717) is 23.9 Å². The van der Waals surface area contributed by atoms with Crippen molar-refractivity contribution in [2.24, 2.45) is 11.7 Å². The van der Waals surface area contributed by atoms with Crippen LogP contribution < -0.4 is 5.73 Å². The highest BCUT2D eigenvalue weighted by Gasteiger charge is 2.19. The van der Waals surface area contributed by atoms with Gasteiger partial charge >= 0.3 is 0 Å². The Bertz CT molecular complexity index is 447. The van der Waals surface area contributed by atoms with E-state index in [-0.39, 0.29) is 5.91 Å². The van der Waals surface area contributed by atoms with Crippen LogP contribution in [0.3, 0.4) is 0 Å². The summed E-state index contributed by atoms with van der Waals surface area (Å²) in [5, 5.41) is 0. The van der Waals surface area contributed by atoms with Gasteiger partial charge in [0.05, 0.1) is 9.87 Å². The van der Waals surface area contributed by atoms with Crippen LogP contribution in [0.15, 0.2) is 6.07 Å². The molecule has 2 N–H and O–H groups in total. The molecule has 0 aromatic carbocycles. The molecule has 1 amide bonds. The van der Waals surface area contributed by atoms with Gasteiger partial charge in [-0.15, -0.1) is 11.3 Å². The molecular weight excluding hydrogens is 276 g/mol. The summed E-state index contributed by atoms with van der Waals surface area (Å²) in [6.45, 7) is 9.61. The molecule has 0 spiro atoms. The second-order valence-corrected chi connectivity index (χ2v) is 6.99. The van der Waals surface area contributed by atoms with E-state index in [1.807, 2.05) is 24.8 Å². The number of thiophene rings is 1. The summed E-state index contributed by atoms with van der Waals surface area (Å²) in [5.74, 6) is 0.517. The fourth-order valence-corrected chi connectivity index (χ4v) is 2.89. The summed E-state index contributed by atoms with van der Waals surface area (Å²) in [7, 11) is 0. The molecule has 1 rings (SSSR count). The number of thiocarbonyl (C=S) groups is 1. The number of hydrogen-bond acceptors (Lipinski definition) is 3. The van der Waals surface area contributed by atoms with E-state index in [2.05, 4.69) is 13.8 Å². The van der Waals surface area contributed by atoms with E-state index in [1.165, 1.54) is 10.4 Å². The van der Waals surface area contributed by atoms with E-state index in [9.17, 15) is 4.79 Å². The zero-order valence-electron chi connectivity index (χ0n) is 12.0. The fraction of sp³-hybridized carbons (Fsp3) is 0.571. The standard InChI is InChI=1S/C14H22N2OS2/c1-9(2)8-16(6-5-13(15)18)14(17)12-7-10(3)11(4)19-12/h7,9H,5-6,8H2,1-4H3,(H2,15,18). The molecule has 0 aliphatic carbocycles. The molecule has 3 nitrogen and oxygen atoms in total. The lowest BCUT2D eigenvalue weighted by Gasteiger charge is -2.23. The molecule has 0 radical (unpaired) electrons. The summed E-state index contributed by atoms with van der Waals surface area (Å²) >= 11 is 6.45. The van der Waals surface area contributed by atoms with Crippen LogP contribution in [0, 0.1) is 19.8 Å². The van der Waals surface area contributed by atoms with Gasteiger partial charge in [0.2, 0.25) is 0 Å². The molecule has 0 aliphatic heterocycles. The smallest absolute Gasteiger partial charge is 0.263 e. The van der Waals surface area contributed by atoms with Gasteiger partial charge < -0.3 is 10.6 Å². The van der Waals surface area contributed by atoms with Gasteiger partial charge in [0.25, 0.3) is 5.91 Å². The normalized spacial score (nSPS) is 10.8. The summed E-state index contributed by atoms with van der Waals surface area (Å²) in [4.78, 5) is 16.8. The van der Waals surface area contributed by atoms with E-state index < -0.39 is 0 Å². The molecule has 0 unspecified atom stereocenters. The van der Waals surface area contributed by atoms with Crippen LogP contribution in [-0.4, -0.2) is 28.9 Å². The van der Waals surface area contributed by atoms with Gasteiger partial charge in [-0.3, -0.25) is 4.79 Å². The van der Waals surface area contributed by atoms with Crippen LogP contribution in [0.25, 0.3) is 0 Å². The molecule has 0 saturated heterocycles. The first-order valence-corrected chi connectivity index (χ1v) is 7.68. The minimum absolute atomic E-state index is 0.0890. The van der Waals surface area contributed by atoms with Crippen molar-refractivity contribution < 1.29 is 4.79 Å². The number of amides is 1. The topological polar surface area (TPSA) is 46.3 Å². The minimum atomic E-state index is 0.0890. The van der Waals surface area contributed by atoms with Crippen molar-refractivity contribution in [3.05, 3.63) is 21.4 Å². The summed E-state index contributed by atoms with van der Waals surface area (Å²) in [6, 6.07) is 1.97. The molecule has 106 valence electrons. The van der Waals surface area contributed by atoms with Crippen LogP contribution in [-0.2, 0) is 0 Å². The fourth-order valence-electron chi connectivity index (χ4n) is 1.80. The van der Waals surface area contributed by atoms with E-state index in [0.717, 1.165) is 11.4 Å². The third kappa shape index (κ3) is 4.91. The number of carbonyl (C=O) groups excluding carboxylic acids is 1. The Morgan fingerprint density at radius 3 is 2.53 bits per heavy atom.